The Kier molecular flexibility index (Phi) is 7.47. The fourth-order valence-electron chi connectivity index (χ4n) is 8.77. The molecule has 0 amide bonds. The summed E-state index contributed by atoms with van der Waals surface area (Å²) in [5.41, 5.74) is 9.19. The number of pyridine rings is 1. The van der Waals surface area contributed by atoms with Crippen molar-refractivity contribution in [1.82, 2.24) is 24.5 Å². The molecule has 3 heterocycles. The summed E-state index contributed by atoms with van der Waals surface area (Å²) in [7, 11) is 0. The number of fused-ring (bicyclic) bond motifs is 9. The Morgan fingerprint density at radius 3 is 1.51 bits per heavy atom. The minimum atomic E-state index is 0.615. The van der Waals surface area contributed by atoms with Crippen molar-refractivity contribution in [3.05, 3.63) is 200 Å². The first-order valence-electron chi connectivity index (χ1n) is 19.9. The summed E-state index contributed by atoms with van der Waals surface area (Å²) in [5, 5.41) is 10.5. The number of para-hydroxylation sites is 3. The Morgan fingerprint density at radius 1 is 0.305 bits per heavy atom. The van der Waals surface area contributed by atoms with Gasteiger partial charge in [0.25, 0.3) is 0 Å². The smallest absolute Gasteiger partial charge is 0.164 e. The van der Waals surface area contributed by atoms with Crippen molar-refractivity contribution in [2.45, 2.75) is 0 Å². The Labute approximate surface area is 339 Å². The molecule has 3 aromatic heterocycles. The first-order chi connectivity index (χ1) is 29.2. The Bertz CT molecular complexity index is 3510. The standard InChI is InChI=1S/C54H33N5/c1-2-16-42(17-3-1)59-47-21-11-9-19-44(47)50-48(59)31-30-45-49(50)43-18-8-10-20-46(43)55-51(45)36-24-26-37(27-25-36)52-56-53(40-28-22-34-12-4-6-14-38(34)32-40)58-54(57-52)41-29-23-35-13-5-7-15-39(35)33-41/h1-33H. The van der Waals surface area contributed by atoms with Crippen molar-refractivity contribution in [2.75, 3.05) is 0 Å². The molecule has 9 aromatic carbocycles. The monoisotopic (exact) mass is 751 g/mol. The Balaban J connectivity index is 1.03. The van der Waals surface area contributed by atoms with Crippen LogP contribution >= 0.6 is 0 Å². The predicted octanol–water partition coefficient (Wildman–Crippen LogP) is 13.6. The molecule has 59 heavy (non-hydrogen) atoms. The summed E-state index contributed by atoms with van der Waals surface area (Å²) >= 11 is 0. The molecule has 0 unspecified atom stereocenters. The van der Waals surface area contributed by atoms with Crippen LogP contribution in [0, 0.1) is 0 Å². The third kappa shape index (κ3) is 5.47. The predicted molar refractivity (Wildman–Crippen MR) is 244 cm³/mol. The molecule has 0 aliphatic heterocycles. The highest BCUT2D eigenvalue weighted by molar-refractivity contribution is 6.29. The zero-order chi connectivity index (χ0) is 38.9. The second-order valence-electron chi connectivity index (χ2n) is 15.1. The van der Waals surface area contributed by atoms with Crippen molar-refractivity contribution in [3.63, 3.8) is 0 Å². The second kappa shape index (κ2) is 13.3. The lowest BCUT2D eigenvalue weighted by Gasteiger charge is -2.13. The number of rotatable bonds is 5. The number of benzene rings is 9. The van der Waals surface area contributed by atoms with Gasteiger partial charge in [0, 0.05) is 54.9 Å². The van der Waals surface area contributed by atoms with Crippen LogP contribution in [0.2, 0.25) is 0 Å². The molecule has 0 aliphatic rings. The highest BCUT2D eigenvalue weighted by Crippen LogP contribution is 2.42. The molecule has 0 radical (unpaired) electrons. The fourth-order valence-corrected chi connectivity index (χ4v) is 8.77. The van der Waals surface area contributed by atoms with E-state index in [1.165, 1.54) is 38.0 Å². The molecule has 0 bridgehead atoms. The minimum Gasteiger partial charge on any atom is -0.309 e. The van der Waals surface area contributed by atoms with Crippen LogP contribution in [0.4, 0.5) is 0 Å². The van der Waals surface area contributed by atoms with Gasteiger partial charge < -0.3 is 4.57 Å². The second-order valence-corrected chi connectivity index (χ2v) is 15.1. The van der Waals surface area contributed by atoms with Gasteiger partial charge in [0.2, 0.25) is 0 Å². The van der Waals surface area contributed by atoms with E-state index in [-0.39, 0.29) is 0 Å². The van der Waals surface area contributed by atoms with Crippen molar-refractivity contribution < 1.29 is 0 Å². The van der Waals surface area contributed by atoms with Crippen LogP contribution in [0.5, 0.6) is 0 Å². The third-order valence-corrected chi connectivity index (χ3v) is 11.6. The van der Waals surface area contributed by atoms with Gasteiger partial charge in [0.15, 0.2) is 17.5 Å². The normalized spacial score (nSPS) is 11.7. The van der Waals surface area contributed by atoms with Gasteiger partial charge >= 0.3 is 0 Å². The molecule has 0 fully saturated rings. The van der Waals surface area contributed by atoms with Gasteiger partial charge in [0.1, 0.15) is 0 Å². The lowest BCUT2D eigenvalue weighted by atomic mass is 9.96. The minimum absolute atomic E-state index is 0.615. The number of hydrogen-bond acceptors (Lipinski definition) is 4. The maximum atomic E-state index is 5.34. The molecule has 12 aromatic rings. The number of nitrogens with zero attached hydrogens (tertiary/aromatic N) is 5. The number of hydrogen-bond donors (Lipinski definition) is 0. The van der Waals surface area contributed by atoms with Crippen LogP contribution in [-0.4, -0.2) is 24.5 Å². The molecule has 0 atom stereocenters. The molecular formula is C54H33N5. The summed E-state index contributed by atoms with van der Waals surface area (Å²) in [5.74, 6) is 1.88. The van der Waals surface area contributed by atoms with Crippen LogP contribution in [0.1, 0.15) is 0 Å². The van der Waals surface area contributed by atoms with E-state index in [4.69, 9.17) is 19.9 Å². The zero-order valence-corrected chi connectivity index (χ0v) is 31.8. The molecule has 5 nitrogen and oxygen atoms in total. The third-order valence-electron chi connectivity index (χ3n) is 11.6. The Morgan fingerprint density at radius 2 is 0.831 bits per heavy atom. The molecule has 0 spiro atoms. The SMILES string of the molecule is c1ccc(-n2c3ccccc3c3c4c(ccc32)c(-c2ccc(-c3nc(-c5ccc6ccccc6c5)nc(-c5ccc6ccccc6c5)n3)cc2)nc2ccccc24)cc1. The fraction of sp³-hybridized carbons (Fsp3) is 0. The van der Waals surface area contributed by atoms with E-state index < -0.39 is 0 Å². The van der Waals surface area contributed by atoms with Gasteiger partial charge in [-0.1, -0.05) is 158 Å². The van der Waals surface area contributed by atoms with Gasteiger partial charge in [-0.05, 0) is 64.0 Å². The first-order valence-corrected chi connectivity index (χ1v) is 19.9. The van der Waals surface area contributed by atoms with Gasteiger partial charge in [0.05, 0.1) is 22.2 Å². The number of aromatic nitrogens is 5. The van der Waals surface area contributed by atoms with E-state index in [0.717, 1.165) is 60.7 Å². The summed E-state index contributed by atoms with van der Waals surface area (Å²) in [6.07, 6.45) is 0. The average molecular weight is 752 g/mol. The summed E-state index contributed by atoms with van der Waals surface area (Å²) in [4.78, 5) is 20.6. The lowest BCUT2D eigenvalue weighted by Crippen LogP contribution is -2.00. The Hall–Kier alpha value is -8.02. The van der Waals surface area contributed by atoms with Crippen molar-refractivity contribution in [1.29, 1.82) is 0 Å². The molecule has 0 saturated carbocycles. The molecule has 5 heteroatoms. The molecule has 0 aliphatic carbocycles. The van der Waals surface area contributed by atoms with Crippen molar-refractivity contribution in [3.8, 4) is 51.1 Å². The maximum absolute atomic E-state index is 5.34. The molecule has 12 rings (SSSR count). The van der Waals surface area contributed by atoms with E-state index in [1.54, 1.807) is 0 Å². The maximum Gasteiger partial charge on any atom is 0.164 e. The highest BCUT2D eigenvalue weighted by Gasteiger charge is 2.20. The zero-order valence-electron chi connectivity index (χ0n) is 31.8. The molecular weight excluding hydrogens is 719 g/mol. The largest absolute Gasteiger partial charge is 0.309 e. The topological polar surface area (TPSA) is 56.5 Å². The summed E-state index contributed by atoms with van der Waals surface area (Å²) in [6.45, 7) is 0. The van der Waals surface area contributed by atoms with Crippen LogP contribution in [0.3, 0.4) is 0 Å². The van der Waals surface area contributed by atoms with Gasteiger partial charge in [-0.3, -0.25) is 0 Å². The first kappa shape index (κ1) is 33.2. The van der Waals surface area contributed by atoms with Gasteiger partial charge in [-0.2, -0.15) is 0 Å². The van der Waals surface area contributed by atoms with E-state index in [2.05, 4.69) is 205 Å². The van der Waals surface area contributed by atoms with E-state index in [1.807, 2.05) is 0 Å². The van der Waals surface area contributed by atoms with Crippen LogP contribution in [0.25, 0.3) is 116 Å². The van der Waals surface area contributed by atoms with Crippen LogP contribution < -0.4 is 0 Å². The molecule has 0 saturated heterocycles. The van der Waals surface area contributed by atoms with E-state index in [9.17, 15) is 0 Å². The van der Waals surface area contributed by atoms with Crippen molar-refractivity contribution in [2.24, 2.45) is 0 Å². The average Bonchev–Trinajstić information content (AvgIpc) is 3.65. The quantitative estimate of drug-likeness (QED) is 0.164. The molecule has 0 N–H and O–H groups in total. The van der Waals surface area contributed by atoms with Gasteiger partial charge in [-0.15, -0.1) is 0 Å². The van der Waals surface area contributed by atoms with Crippen LogP contribution in [-0.2, 0) is 0 Å². The lowest BCUT2D eigenvalue weighted by molar-refractivity contribution is 1.08. The summed E-state index contributed by atoms with van der Waals surface area (Å²) < 4.78 is 2.38. The van der Waals surface area contributed by atoms with E-state index >= 15 is 0 Å². The summed E-state index contributed by atoms with van der Waals surface area (Å²) in [6, 6.07) is 70.4. The van der Waals surface area contributed by atoms with Crippen molar-refractivity contribution >= 4 is 65.0 Å². The highest BCUT2D eigenvalue weighted by atomic mass is 15.0. The van der Waals surface area contributed by atoms with E-state index in [0.29, 0.717) is 17.5 Å². The van der Waals surface area contributed by atoms with Crippen LogP contribution in [0.15, 0.2) is 200 Å². The van der Waals surface area contributed by atoms with Gasteiger partial charge in [-0.25, -0.2) is 19.9 Å². The molecule has 274 valence electrons.